The van der Waals surface area contributed by atoms with E-state index in [0.29, 0.717) is 12.8 Å². The van der Waals surface area contributed by atoms with Gasteiger partial charge in [0.05, 0.1) is 12.7 Å². The summed E-state index contributed by atoms with van der Waals surface area (Å²) in [6.07, 6.45) is 27.3. The van der Waals surface area contributed by atoms with Crippen LogP contribution in [0.5, 0.6) is 0 Å². The van der Waals surface area contributed by atoms with Crippen molar-refractivity contribution >= 4 is 19.8 Å². The number of phosphoric ester groups is 1. The SMILES string of the molecule is CCC=CCC=CCC=CCCCCCCCCCC(=O)OCC(COP(=O)(O)OC1C(O)C(O)C(O)C(O)C1O)OC(=O)CCCCCCCC=CC=CC(O)CCCCC. The van der Waals surface area contributed by atoms with Crippen molar-refractivity contribution in [3.05, 3.63) is 60.8 Å². The molecule has 0 aliphatic heterocycles. The number of phosphoric acid groups is 1. The fourth-order valence-electron chi connectivity index (χ4n) is 6.67. The number of hydrogen-bond donors (Lipinski definition) is 7. The van der Waals surface area contributed by atoms with Crippen molar-refractivity contribution in [3.8, 4) is 0 Å². The zero-order chi connectivity index (χ0) is 45.9. The topological polar surface area (TPSA) is 230 Å². The molecule has 15 heteroatoms. The molecular formula is C47H81O14P. The number of rotatable bonds is 37. The van der Waals surface area contributed by atoms with Crippen LogP contribution in [0.15, 0.2) is 60.8 Å². The number of hydrogen-bond acceptors (Lipinski definition) is 13. The quantitative estimate of drug-likeness (QED) is 0.0103. The summed E-state index contributed by atoms with van der Waals surface area (Å²) in [4.78, 5) is 35.7. The Kier molecular flexibility index (Phi) is 34.2. The van der Waals surface area contributed by atoms with E-state index in [2.05, 4.69) is 56.4 Å². The van der Waals surface area contributed by atoms with E-state index < -0.39 is 81.8 Å². The molecule has 0 aromatic carbocycles. The zero-order valence-corrected chi connectivity index (χ0v) is 38.4. The van der Waals surface area contributed by atoms with Gasteiger partial charge < -0.3 is 45.0 Å². The van der Waals surface area contributed by atoms with Gasteiger partial charge in [0.25, 0.3) is 0 Å². The number of carbonyl (C=O) groups excluding carboxylic acids is 2. The molecule has 14 nitrogen and oxygen atoms in total. The standard InChI is InChI=1S/C47H81O14P/c1-3-5-7-8-9-10-11-12-13-14-15-16-17-20-23-26-30-34-40(49)58-36-39(37-59-62(56,57)61-47-45(54)43(52)42(51)44(53)46(47)55)60-41(50)35-31-27-24-21-18-19-22-25-29-33-38(48)32-28-6-4-2/h5,7,9-10,12-13,22,25,29,33,38-39,42-48,51-55H,3-4,6,8,11,14-21,23-24,26-28,30-32,34-37H2,1-2H3,(H,56,57). The van der Waals surface area contributed by atoms with Crippen LogP contribution in [0.2, 0.25) is 0 Å². The summed E-state index contributed by atoms with van der Waals surface area (Å²) in [5, 5.41) is 60.1. The van der Waals surface area contributed by atoms with Crippen LogP contribution in [-0.4, -0.2) is 110 Å². The lowest BCUT2D eigenvalue weighted by Gasteiger charge is -2.41. The predicted octanol–water partition coefficient (Wildman–Crippen LogP) is 7.92. The summed E-state index contributed by atoms with van der Waals surface area (Å²) in [6.45, 7) is 3.03. The molecule has 1 aliphatic rings. The second kappa shape index (κ2) is 36.8. The van der Waals surface area contributed by atoms with E-state index >= 15 is 0 Å². The Morgan fingerprint density at radius 2 is 1.11 bits per heavy atom. The summed E-state index contributed by atoms with van der Waals surface area (Å²) in [7, 11) is -5.14. The third kappa shape index (κ3) is 29.1. The van der Waals surface area contributed by atoms with Gasteiger partial charge in [0, 0.05) is 12.8 Å². The second-order valence-electron chi connectivity index (χ2n) is 16.1. The summed E-state index contributed by atoms with van der Waals surface area (Å²) in [5.41, 5.74) is 0. The summed E-state index contributed by atoms with van der Waals surface area (Å²) in [6, 6.07) is 0. The molecule has 0 spiro atoms. The highest BCUT2D eigenvalue weighted by Crippen LogP contribution is 2.47. The van der Waals surface area contributed by atoms with Crippen LogP contribution in [0.4, 0.5) is 0 Å². The van der Waals surface area contributed by atoms with Gasteiger partial charge in [-0.15, -0.1) is 0 Å². The molecule has 1 aliphatic carbocycles. The van der Waals surface area contributed by atoms with Crippen LogP contribution < -0.4 is 0 Å². The normalized spacial score (nSPS) is 22.9. The number of aliphatic hydroxyl groups excluding tert-OH is 6. The van der Waals surface area contributed by atoms with Crippen LogP contribution in [-0.2, 0) is 32.7 Å². The van der Waals surface area contributed by atoms with Crippen LogP contribution in [0, 0.1) is 0 Å². The molecule has 1 fully saturated rings. The van der Waals surface area contributed by atoms with E-state index in [0.717, 1.165) is 122 Å². The summed E-state index contributed by atoms with van der Waals surface area (Å²) >= 11 is 0. The van der Waals surface area contributed by atoms with Crippen molar-refractivity contribution in [1.29, 1.82) is 0 Å². The molecule has 0 radical (unpaired) electrons. The third-order valence-electron chi connectivity index (χ3n) is 10.4. The van der Waals surface area contributed by atoms with Crippen LogP contribution >= 0.6 is 7.82 Å². The van der Waals surface area contributed by atoms with Gasteiger partial charge in [0.15, 0.2) is 6.10 Å². The van der Waals surface area contributed by atoms with Gasteiger partial charge in [-0.3, -0.25) is 18.6 Å². The zero-order valence-electron chi connectivity index (χ0n) is 37.5. The average Bonchev–Trinajstić information content (AvgIpc) is 3.25. The lowest BCUT2D eigenvalue weighted by molar-refractivity contribution is -0.220. The minimum Gasteiger partial charge on any atom is -0.462 e. The lowest BCUT2D eigenvalue weighted by Crippen LogP contribution is -2.64. The molecule has 358 valence electrons. The summed E-state index contributed by atoms with van der Waals surface area (Å²) < 4.78 is 33.5. The Morgan fingerprint density at radius 1 is 0.597 bits per heavy atom. The van der Waals surface area contributed by atoms with Crippen molar-refractivity contribution in [2.24, 2.45) is 0 Å². The van der Waals surface area contributed by atoms with E-state index in [-0.39, 0.29) is 12.8 Å². The smallest absolute Gasteiger partial charge is 0.462 e. The molecule has 1 saturated carbocycles. The molecule has 0 heterocycles. The number of aliphatic hydroxyl groups is 6. The van der Waals surface area contributed by atoms with Gasteiger partial charge in [-0.2, -0.15) is 0 Å². The molecule has 62 heavy (non-hydrogen) atoms. The van der Waals surface area contributed by atoms with Crippen molar-refractivity contribution in [2.45, 2.75) is 210 Å². The van der Waals surface area contributed by atoms with Gasteiger partial charge >= 0.3 is 19.8 Å². The average molecular weight is 901 g/mol. The number of ether oxygens (including phenoxy) is 2. The van der Waals surface area contributed by atoms with Crippen LogP contribution in [0.1, 0.15) is 162 Å². The number of unbranched alkanes of at least 4 members (excludes halogenated alkanes) is 14. The number of allylic oxidation sites excluding steroid dienone is 9. The highest BCUT2D eigenvalue weighted by Gasteiger charge is 2.51. The predicted molar refractivity (Wildman–Crippen MR) is 241 cm³/mol. The molecule has 0 aromatic rings. The Balaban J connectivity index is 2.49. The van der Waals surface area contributed by atoms with Gasteiger partial charge in [-0.1, -0.05) is 145 Å². The number of carbonyl (C=O) groups is 2. The molecule has 0 saturated heterocycles. The Labute approximate surface area is 371 Å². The first-order valence-electron chi connectivity index (χ1n) is 23.2. The van der Waals surface area contributed by atoms with E-state index in [1.54, 1.807) is 6.08 Å². The molecular weight excluding hydrogens is 819 g/mol. The molecule has 0 amide bonds. The largest absolute Gasteiger partial charge is 0.472 e. The monoisotopic (exact) mass is 901 g/mol. The highest BCUT2D eigenvalue weighted by atomic mass is 31.2. The molecule has 7 N–H and O–H groups in total. The van der Waals surface area contributed by atoms with E-state index in [4.69, 9.17) is 18.5 Å². The Hall–Kier alpha value is -2.49. The first-order valence-corrected chi connectivity index (χ1v) is 24.7. The maximum Gasteiger partial charge on any atom is 0.472 e. The fourth-order valence-corrected chi connectivity index (χ4v) is 7.65. The summed E-state index contributed by atoms with van der Waals surface area (Å²) in [5.74, 6) is -1.16. The maximum absolute atomic E-state index is 12.8. The molecule has 0 bridgehead atoms. The van der Waals surface area contributed by atoms with Gasteiger partial charge in [-0.25, -0.2) is 4.57 Å². The van der Waals surface area contributed by atoms with Gasteiger partial charge in [0.2, 0.25) is 0 Å². The van der Waals surface area contributed by atoms with Crippen LogP contribution in [0.25, 0.3) is 0 Å². The van der Waals surface area contributed by atoms with Gasteiger partial charge in [0.1, 0.15) is 43.2 Å². The van der Waals surface area contributed by atoms with E-state index in [1.165, 1.54) is 0 Å². The molecule has 0 aromatic heterocycles. The van der Waals surface area contributed by atoms with Crippen molar-refractivity contribution in [3.63, 3.8) is 0 Å². The minimum atomic E-state index is -5.14. The van der Waals surface area contributed by atoms with Crippen molar-refractivity contribution in [2.75, 3.05) is 13.2 Å². The van der Waals surface area contributed by atoms with Gasteiger partial charge in [-0.05, 0) is 64.2 Å². The third-order valence-corrected chi connectivity index (χ3v) is 11.4. The second-order valence-corrected chi connectivity index (χ2v) is 17.5. The van der Waals surface area contributed by atoms with Crippen molar-refractivity contribution < 1.29 is 68.2 Å². The Morgan fingerprint density at radius 3 is 1.71 bits per heavy atom. The first-order chi connectivity index (χ1) is 29.8. The molecule has 1 rings (SSSR count). The lowest BCUT2D eigenvalue weighted by atomic mass is 9.85. The number of esters is 2. The van der Waals surface area contributed by atoms with Crippen LogP contribution in [0.3, 0.4) is 0 Å². The molecule has 7 unspecified atom stereocenters. The first kappa shape index (κ1) is 57.5. The fraction of sp³-hybridized carbons (Fsp3) is 0.745. The van der Waals surface area contributed by atoms with Crippen molar-refractivity contribution in [1.82, 2.24) is 0 Å². The highest BCUT2D eigenvalue weighted by molar-refractivity contribution is 7.47. The Bertz CT molecular complexity index is 1330. The maximum atomic E-state index is 12.8. The van der Waals surface area contributed by atoms with E-state index in [1.807, 2.05) is 12.2 Å². The molecule has 7 atom stereocenters. The van der Waals surface area contributed by atoms with E-state index in [9.17, 15) is 49.7 Å². The minimum absolute atomic E-state index is 0.0489.